The Hall–Kier alpha value is -2.35. The zero-order valence-corrected chi connectivity index (χ0v) is 24.9. The summed E-state index contributed by atoms with van der Waals surface area (Å²) < 4.78 is 0. The molecule has 0 radical (unpaired) electrons. The van der Waals surface area contributed by atoms with Gasteiger partial charge in [-0.1, -0.05) is 180 Å². The van der Waals surface area contributed by atoms with Gasteiger partial charge in [-0.05, 0) is 36.3 Å². The van der Waals surface area contributed by atoms with Crippen LogP contribution in [0.5, 0.6) is 0 Å². The van der Waals surface area contributed by atoms with Crippen molar-refractivity contribution in [3.05, 3.63) is 78.0 Å². The van der Waals surface area contributed by atoms with Crippen molar-refractivity contribution in [1.82, 2.24) is 0 Å². The van der Waals surface area contributed by atoms with Gasteiger partial charge in [0.05, 0.1) is 5.92 Å². The summed E-state index contributed by atoms with van der Waals surface area (Å²) in [7, 11) is 0. The normalized spacial score (nSPS) is 13.5. The molecule has 0 aromatic heterocycles. The lowest BCUT2D eigenvalue weighted by Gasteiger charge is -2.26. The molecule has 0 amide bonds. The molecule has 0 saturated carbocycles. The second-order valence-electron chi connectivity index (χ2n) is 11.8. The van der Waals surface area contributed by atoms with Crippen LogP contribution < -0.4 is 0 Å². The molecule has 3 rings (SSSR count). The van der Waals surface area contributed by atoms with E-state index in [1.165, 1.54) is 120 Å². The van der Waals surface area contributed by atoms with Crippen LogP contribution in [0.4, 0.5) is 0 Å². The quantitative estimate of drug-likeness (QED) is 0.101. The Kier molecular flexibility index (Phi) is 16.4. The van der Waals surface area contributed by atoms with Crippen LogP contribution in [0.25, 0.3) is 0 Å². The highest BCUT2D eigenvalue weighted by Gasteiger charge is 2.35. The summed E-state index contributed by atoms with van der Waals surface area (Å²) in [5.41, 5.74) is 2.84. The Labute approximate surface area is 240 Å². The van der Waals surface area contributed by atoms with Crippen LogP contribution in [0.2, 0.25) is 0 Å². The standard InChI is InChI=1S/C37H55N2/c1-2-3-4-5-6-7-8-9-10-11-12-13-14-15-16-23-28-36(37-38-29-30-39-37)35(31-33-24-19-17-20-25-33)32-34-26-21-18-22-27-34/h17-22,24-27,29-30,35-36H,2-16,23,28,31-32H2,1H3/q+1. The molecule has 0 bridgehead atoms. The van der Waals surface area contributed by atoms with Crippen molar-refractivity contribution in [2.45, 2.75) is 129 Å². The molecule has 2 nitrogen and oxygen atoms in total. The predicted molar refractivity (Wildman–Crippen MR) is 172 cm³/mol. The van der Waals surface area contributed by atoms with E-state index in [1.807, 2.05) is 12.4 Å². The first-order valence-corrected chi connectivity index (χ1v) is 16.4. The number of nitrogens with zero attached hydrogens (tertiary/aromatic N) is 2. The molecule has 2 heteroatoms. The molecule has 1 atom stereocenters. The summed E-state index contributed by atoms with van der Waals surface area (Å²) in [5, 5.41) is 0. The first kappa shape index (κ1) is 31.2. The fourth-order valence-electron chi connectivity index (χ4n) is 6.12. The van der Waals surface area contributed by atoms with Crippen molar-refractivity contribution in [3.63, 3.8) is 0 Å². The zero-order valence-electron chi connectivity index (χ0n) is 24.9. The third kappa shape index (κ3) is 13.5. The lowest BCUT2D eigenvalue weighted by molar-refractivity contribution is 0.306. The van der Waals surface area contributed by atoms with Gasteiger partial charge in [-0.3, -0.25) is 0 Å². The third-order valence-corrected chi connectivity index (χ3v) is 8.43. The third-order valence-electron chi connectivity index (χ3n) is 8.43. The number of hydrogen-bond acceptors (Lipinski definition) is 2. The van der Waals surface area contributed by atoms with Gasteiger partial charge in [0, 0.05) is 0 Å². The second kappa shape index (κ2) is 20.5. The van der Waals surface area contributed by atoms with Gasteiger partial charge in [-0.2, -0.15) is 0 Å². The van der Waals surface area contributed by atoms with Crippen LogP contribution in [0, 0.1) is 18.0 Å². The largest absolute Gasteiger partial charge is 0.244 e. The minimum absolute atomic E-state index is 0.409. The number of unbranched alkanes of at least 4 members (excludes halogenated alkanes) is 15. The summed E-state index contributed by atoms with van der Waals surface area (Å²) >= 11 is 0. The van der Waals surface area contributed by atoms with Crippen molar-refractivity contribution < 1.29 is 0 Å². The highest BCUT2D eigenvalue weighted by molar-refractivity contribution is 6.18. The van der Waals surface area contributed by atoms with Crippen LogP contribution in [-0.4, -0.2) is 12.4 Å². The summed E-state index contributed by atoms with van der Waals surface area (Å²) in [6.07, 6.45) is 30.7. The van der Waals surface area contributed by atoms with E-state index in [-0.39, 0.29) is 0 Å². The van der Waals surface area contributed by atoms with Crippen LogP contribution >= 0.6 is 0 Å². The highest BCUT2D eigenvalue weighted by Crippen LogP contribution is 2.36. The maximum atomic E-state index is 4.70. The topological polar surface area (TPSA) is 24.7 Å². The Morgan fingerprint density at radius 1 is 0.513 bits per heavy atom. The molecule has 0 N–H and O–H groups in total. The van der Waals surface area contributed by atoms with Gasteiger partial charge in [-0.15, -0.1) is 0 Å². The van der Waals surface area contributed by atoms with Gasteiger partial charge < -0.3 is 0 Å². The molecule has 2 aromatic rings. The van der Waals surface area contributed by atoms with Gasteiger partial charge in [0.1, 0.15) is 0 Å². The smallest absolute Gasteiger partial charge is 0.0965 e. The zero-order chi connectivity index (χ0) is 27.2. The lowest BCUT2D eigenvalue weighted by atomic mass is 9.78. The molecule has 1 aliphatic heterocycles. The average Bonchev–Trinajstić information content (AvgIpc) is 3.50. The Morgan fingerprint density at radius 2 is 0.897 bits per heavy atom. The predicted octanol–water partition coefficient (Wildman–Crippen LogP) is 11.0. The maximum Gasteiger partial charge on any atom is 0.244 e. The molecule has 0 aliphatic carbocycles. The van der Waals surface area contributed by atoms with E-state index in [2.05, 4.69) is 67.6 Å². The molecule has 0 fully saturated rings. The number of rotatable bonds is 23. The molecule has 39 heavy (non-hydrogen) atoms. The minimum Gasteiger partial charge on any atom is -0.0965 e. The Bertz CT molecular complexity index is 835. The average molecular weight is 528 g/mol. The molecule has 2 aromatic carbocycles. The molecule has 212 valence electrons. The van der Waals surface area contributed by atoms with Gasteiger partial charge >= 0.3 is 0 Å². The first-order valence-electron chi connectivity index (χ1n) is 16.4. The van der Waals surface area contributed by atoms with E-state index in [9.17, 15) is 0 Å². The van der Waals surface area contributed by atoms with Crippen LogP contribution in [0.3, 0.4) is 0 Å². The summed E-state index contributed by atoms with van der Waals surface area (Å²) in [5.74, 6) is 0.917. The number of hydrogen-bond donors (Lipinski definition) is 0. The van der Waals surface area contributed by atoms with E-state index in [0.717, 1.165) is 19.0 Å². The SMILES string of the molecule is CCCCCCCCCCCCCCCCCCC([C+]1N=CC=N1)C(Cc1ccccc1)Cc1ccccc1. The van der Waals surface area contributed by atoms with Crippen molar-refractivity contribution in [2.75, 3.05) is 0 Å². The second-order valence-corrected chi connectivity index (χ2v) is 11.8. The fourth-order valence-corrected chi connectivity index (χ4v) is 6.12. The van der Waals surface area contributed by atoms with Crippen molar-refractivity contribution in [3.8, 4) is 0 Å². The van der Waals surface area contributed by atoms with Crippen molar-refractivity contribution >= 4 is 12.4 Å². The molecule has 1 unspecified atom stereocenters. The Morgan fingerprint density at radius 3 is 1.31 bits per heavy atom. The summed E-state index contributed by atoms with van der Waals surface area (Å²) in [6, 6.07) is 22.0. The van der Waals surface area contributed by atoms with Crippen molar-refractivity contribution in [2.24, 2.45) is 21.8 Å². The van der Waals surface area contributed by atoms with E-state index < -0.39 is 0 Å². The number of benzene rings is 2. The van der Waals surface area contributed by atoms with Gasteiger partial charge in [0.15, 0.2) is 12.4 Å². The van der Waals surface area contributed by atoms with E-state index in [1.54, 1.807) is 0 Å². The van der Waals surface area contributed by atoms with Crippen molar-refractivity contribution in [1.29, 1.82) is 0 Å². The molecular weight excluding hydrogens is 472 g/mol. The Balaban J connectivity index is 1.34. The number of aliphatic imine (C=N–C) groups is 2. The molecule has 1 aliphatic rings. The molecule has 0 saturated heterocycles. The monoisotopic (exact) mass is 527 g/mol. The fraction of sp³-hybridized carbons (Fsp3) is 0.595. The first-order chi connectivity index (χ1) is 19.4. The lowest BCUT2D eigenvalue weighted by Crippen LogP contribution is -2.24. The molecular formula is C37H55N2+. The van der Waals surface area contributed by atoms with Gasteiger partial charge in [0.2, 0.25) is 6.17 Å². The molecule has 0 spiro atoms. The van der Waals surface area contributed by atoms with Crippen LogP contribution in [0.1, 0.15) is 127 Å². The highest BCUT2D eigenvalue weighted by atomic mass is 15.0. The van der Waals surface area contributed by atoms with E-state index in [0.29, 0.717) is 11.8 Å². The van der Waals surface area contributed by atoms with E-state index in [4.69, 9.17) is 9.98 Å². The summed E-state index contributed by atoms with van der Waals surface area (Å²) in [6.45, 7) is 2.30. The minimum atomic E-state index is 0.409. The summed E-state index contributed by atoms with van der Waals surface area (Å²) in [4.78, 5) is 9.40. The maximum absolute atomic E-state index is 4.70. The van der Waals surface area contributed by atoms with Gasteiger partial charge in [-0.25, -0.2) is 0 Å². The van der Waals surface area contributed by atoms with E-state index >= 15 is 0 Å². The van der Waals surface area contributed by atoms with Crippen LogP contribution in [0.15, 0.2) is 70.6 Å². The van der Waals surface area contributed by atoms with Gasteiger partial charge in [0.25, 0.3) is 0 Å². The molecule has 1 heterocycles. The van der Waals surface area contributed by atoms with Crippen LogP contribution in [-0.2, 0) is 12.8 Å².